The van der Waals surface area contributed by atoms with E-state index in [1.165, 1.54) is 5.56 Å². The van der Waals surface area contributed by atoms with E-state index in [0.717, 1.165) is 25.9 Å². The van der Waals surface area contributed by atoms with Crippen LogP contribution in [-0.4, -0.2) is 41.4 Å². The minimum atomic E-state index is 0. The quantitative estimate of drug-likeness (QED) is 0.768. The van der Waals surface area contributed by atoms with Crippen LogP contribution in [0.1, 0.15) is 35.7 Å². The molecule has 1 heterocycles. The summed E-state index contributed by atoms with van der Waals surface area (Å²) in [5.41, 5.74) is 8.45. The molecule has 1 aliphatic rings. The fourth-order valence-electron chi connectivity index (χ4n) is 3.64. The number of likely N-dealkylation sites (tertiary alicyclic amines) is 1. The van der Waals surface area contributed by atoms with Crippen molar-refractivity contribution in [1.29, 1.82) is 0 Å². The Kier molecular flexibility index (Phi) is 9.10. The summed E-state index contributed by atoms with van der Waals surface area (Å²) in [6, 6.07) is 18.5. The summed E-state index contributed by atoms with van der Waals surface area (Å²) in [5, 5.41) is 0. The molecule has 2 aromatic rings. The monoisotopic (exact) mass is 409 g/mol. The summed E-state index contributed by atoms with van der Waals surface area (Å²) in [6.45, 7) is 4.24. The maximum Gasteiger partial charge on any atom is 0.253 e. The van der Waals surface area contributed by atoms with Crippen LogP contribution in [0.5, 0.6) is 0 Å². The maximum atomic E-state index is 12.7. The van der Waals surface area contributed by atoms with Crippen molar-refractivity contribution in [3.63, 3.8) is 0 Å². The molecule has 0 aromatic heterocycles. The highest BCUT2D eigenvalue weighted by Crippen LogP contribution is 2.24. The molecule has 1 saturated heterocycles. The molecule has 2 N–H and O–H groups in total. The Hall–Kier alpha value is -1.75. The molecule has 148 valence electrons. The Morgan fingerprint density at radius 2 is 1.85 bits per heavy atom. The maximum absolute atomic E-state index is 12.7. The molecular formula is C21H29Cl2N3O. The Balaban J connectivity index is 0.00000182. The van der Waals surface area contributed by atoms with Crippen LogP contribution in [-0.2, 0) is 6.54 Å². The van der Waals surface area contributed by atoms with Gasteiger partial charge in [0.25, 0.3) is 5.91 Å². The number of carbonyl (C=O) groups excluding carboxylic acids is 1. The lowest BCUT2D eigenvalue weighted by atomic mass is 9.96. The lowest BCUT2D eigenvalue weighted by Crippen LogP contribution is -2.49. The number of nitrogen functional groups attached to an aromatic ring is 1. The van der Waals surface area contributed by atoms with Crippen LogP contribution in [0.2, 0.25) is 0 Å². The molecule has 0 radical (unpaired) electrons. The predicted molar refractivity (Wildman–Crippen MR) is 117 cm³/mol. The molecule has 3 rings (SSSR count). The van der Waals surface area contributed by atoms with Gasteiger partial charge >= 0.3 is 0 Å². The van der Waals surface area contributed by atoms with Gasteiger partial charge in [0.2, 0.25) is 0 Å². The van der Waals surface area contributed by atoms with Crippen molar-refractivity contribution in [2.24, 2.45) is 0 Å². The number of nitrogens with zero attached hydrogens (tertiary/aromatic N) is 2. The number of carbonyl (C=O) groups is 1. The largest absolute Gasteiger partial charge is 0.399 e. The molecule has 1 fully saturated rings. The molecule has 0 spiro atoms. The summed E-state index contributed by atoms with van der Waals surface area (Å²) in [6.07, 6.45) is 2.00. The second-order valence-corrected chi connectivity index (χ2v) is 7.02. The van der Waals surface area contributed by atoms with Gasteiger partial charge in [-0.3, -0.25) is 9.69 Å². The summed E-state index contributed by atoms with van der Waals surface area (Å²) in [5.74, 6) is 0.0565. The number of hydrogen-bond donors (Lipinski definition) is 1. The van der Waals surface area contributed by atoms with E-state index in [-0.39, 0.29) is 36.8 Å². The minimum Gasteiger partial charge on any atom is -0.399 e. The Bertz CT molecular complexity index is 726. The van der Waals surface area contributed by atoms with Gasteiger partial charge < -0.3 is 10.6 Å². The molecular weight excluding hydrogens is 381 g/mol. The summed E-state index contributed by atoms with van der Waals surface area (Å²) < 4.78 is 0. The van der Waals surface area contributed by atoms with Crippen molar-refractivity contribution in [3.05, 3.63) is 65.7 Å². The summed E-state index contributed by atoms with van der Waals surface area (Å²) in [4.78, 5) is 17.1. The number of amides is 1. The zero-order valence-electron chi connectivity index (χ0n) is 15.9. The zero-order chi connectivity index (χ0) is 17.8. The van der Waals surface area contributed by atoms with Gasteiger partial charge in [-0.05, 0) is 43.5 Å². The van der Waals surface area contributed by atoms with Crippen molar-refractivity contribution in [3.8, 4) is 0 Å². The number of piperidine rings is 1. The minimum absolute atomic E-state index is 0. The third kappa shape index (κ3) is 5.86. The molecule has 0 bridgehead atoms. The lowest BCUT2D eigenvalue weighted by Gasteiger charge is -2.41. The van der Waals surface area contributed by atoms with E-state index in [2.05, 4.69) is 42.2 Å². The van der Waals surface area contributed by atoms with Gasteiger partial charge in [0, 0.05) is 43.5 Å². The molecule has 2 aromatic carbocycles. The van der Waals surface area contributed by atoms with Gasteiger partial charge in [0.1, 0.15) is 0 Å². The van der Waals surface area contributed by atoms with E-state index < -0.39 is 0 Å². The molecule has 1 amide bonds. The number of halogens is 2. The first kappa shape index (κ1) is 23.3. The van der Waals surface area contributed by atoms with Crippen molar-refractivity contribution in [2.45, 2.75) is 38.4 Å². The van der Waals surface area contributed by atoms with Gasteiger partial charge in [-0.15, -0.1) is 24.8 Å². The SMILES string of the molecule is CC1CC(N(C)C(=O)c2cccc(N)c2)CCN1Cc1ccccc1.Cl.Cl. The molecule has 27 heavy (non-hydrogen) atoms. The van der Waals surface area contributed by atoms with Gasteiger partial charge in [-0.2, -0.15) is 0 Å². The van der Waals surface area contributed by atoms with Crippen LogP contribution in [0, 0.1) is 0 Å². The Morgan fingerprint density at radius 3 is 2.48 bits per heavy atom. The highest BCUT2D eigenvalue weighted by Gasteiger charge is 2.30. The van der Waals surface area contributed by atoms with E-state index in [9.17, 15) is 4.79 Å². The zero-order valence-corrected chi connectivity index (χ0v) is 17.5. The number of hydrogen-bond acceptors (Lipinski definition) is 3. The molecule has 6 heteroatoms. The normalized spacial score (nSPS) is 19.5. The molecule has 2 atom stereocenters. The van der Waals surface area contributed by atoms with Crippen LogP contribution in [0.4, 0.5) is 5.69 Å². The van der Waals surface area contributed by atoms with E-state index in [0.29, 0.717) is 17.3 Å². The Labute approximate surface area is 174 Å². The smallest absolute Gasteiger partial charge is 0.253 e. The number of anilines is 1. The number of benzene rings is 2. The van der Waals surface area contributed by atoms with Crippen LogP contribution < -0.4 is 5.73 Å². The Morgan fingerprint density at radius 1 is 1.15 bits per heavy atom. The molecule has 4 nitrogen and oxygen atoms in total. The molecule has 2 unspecified atom stereocenters. The molecule has 1 aliphatic heterocycles. The van der Waals surface area contributed by atoms with Gasteiger partial charge in [-0.1, -0.05) is 36.4 Å². The first-order valence-corrected chi connectivity index (χ1v) is 8.95. The second-order valence-electron chi connectivity index (χ2n) is 7.02. The predicted octanol–water partition coefficient (Wildman–Crippen LogP) is 4.24. The third-order valence-electron chi connectivity index (χ3n) is 5.22. The van der Waals surface area contributed by atoms with Crippen LogP contribution in [0.25, 0.3) is 0 Å². The van der Waals surface area contributed by atoms with E-state index in [1.807, 2.05) is 24.1 Å². The van der Waals surface area contributed by atoms with E-state index in [4.69, 9.17) is 5.73 Å². The van der Waals surface area contributed by atoms with Crippen molar-refractivity contribution < 1.29 is 4.79 Å². The number of nitrogens with two attached hydrogens (primary N) is 1. The molecule has 0 saturated carbocycles. The van der Waals surface area contributed by atoms with Crippen LogP contribution in [0.15, 0.2) is 54.6 Å². The fourth-order valence-corrected chi connectivity index (χ4v) is 3.64. The van der Waals surface area contributed by atoms with Gasteiger partial charge in [0.05, 0.1) is 0 Å². The summed E-state index contributed by atoms with van der Waals surface area (Å²) >= 11 is 0. The van der Waals surface area contributed by atoms with E-state index >= 15 is 0 Å². The van der Waals surface area contributed by atoms with Crippen molar-refractivity contribution in [1.82, 2.24) is 9.80 Å². The van der Waals surface area contributed by atoms with Crippen LogP contribution in [0.3, 0.4) is 0 Å². The fraction of sp³-hybridized carbons (Fsp3) is 0.381. The van der Waals surface area contributed by atoms with E-state index in [1.54, 1.807) is 12.1 Å². The highest BCUT2D eigenvalue weighted by atomic mass is 35.5. The highest BCUT2D eigenvalue weighted by molar-refractivity contribution is 5.95. The average molecular weight is 410 g/mol. The summed E-state index contributed by atoms with van der Waals surface area (Å²) in [7, 11) is 1.91. The van der Waals surface area contributed by atoms with Crippen molar-refractivity contribution in [2.75, 3.05) is 19.3 Å². The van der Waals surface area contributed by atoms with Crippen molar-refractivity contribution >= 4 is 36.4 Å². The first-order chi connectivity index (χ1) is 12.0. The lowest BCUT2D eigenvalue weighted by molar-refractivity contribution is 0.0538. The van der Waals surface area contributed by atoms with Gasteiger partial charge in [-0.25, -0.2) is 0 Å². The number of rotatable bonds is 4. The van der Waals surface area contributed by atoms with Crippen LogP contribution >= 0.6 is 24.8 Å². The average Bonchev–Trinajstić information content (AvgIpc) is 2.63. The molecule has 0 aliphatic carbocycles. The standard InChI is InChI=1S/C21H27N3O.2ClH/c1-16-13-20(11-12-24(16)15-17-7-4-3-5-8-17)23(2)21(25)18-9-6-10-19(22)14-18;;/h3-10,14,16,20H,11-13,15,22H2,1-2H3;2*1H. The topological polar surface area (TPSA) is 49.6 Å². The third-order valence-corrected chi connectivity index (χ3v) is 5.22. The second kappa shape index (κ2) is 10.5. The first-order valence-electron chi connectivity index (χ1n) is 8.95. The van der Waals surface area contributed by atoms with Gasteiger partial charge in [0.15, 0.2) is 0 Å².